The first-order valence-corrected chi connectivity index (χ1v) is 7.71. The van der Waals surface area contributed by atoms with Crippen LogP contribution in [0.3, 0.4) is 0 Å². The van der Waals surface area contributed by atoms with Crippen LogP contribution in [0.2, 0.25) is 0 Å². The number of carbonyl (C=O) groups excluding carboxylic acids is 1. The van der Waals surface area contributed by atoms with Crippen molar-refractivity contribution in [3.8, 4) is 0 Å². The number of carbonyl (C=O) groups is 1. The SMILES string of the molecule is Cc1ccc(N2C(=O)CSC2c2cccnc2)c([N+](=O)[O-])c1. The number of nitrogens with zero attached hydrogens (tertiary/aromatic N) is 3. The van der Waals surface area contributed by atoms with Gasteiger partial charge < -0.3 is 0 Å². The molecule has 0 radical (unpaired) electrons. The van der Waals surface area contributed by atoms with Crippen molar-refractivity contribution in [1.29, 1.82) is 0 Å². The standard InChI is InChI=1S/C15H13N3O3S/c1-10-4-5-12(13(7-10)18(20)21)17-14(19)9-22-15(17)11-3-2-6-16-8-11/h2-8,15H,9H2,1H3. The highest BCUT2D eigenvalue weighted by molar-refractivity contribution is 8.00. The molecule has 1 unspecified atom stereocenters. The second-order valence-corrected chi connectivity index (χ2v) is 6.03. The number of pyridine rings is 1. The highest BCUT2D eigenvalue weighted by Gasteiger charge is 2.37. The molecule has 2 heterocycles. The van der Waals surface area contributed by atoms with E-state index in [4.69, 9.17) is 0 Å². The van der Waals surface area contributed by atoms with E-state index >= 15 is 0 Å². The Labute approximate surface area is 131 Å². The zero-order valence-corrected chi connectivity index (χ0v) is 12.6. The average Bonchev–Trinajstić information content (AvgIpc) is 2.90. The molecule has 112 valence electrons. The predicted octanol–water partition coefficient (Wildman–Crippen LogP) is 3.08. The summed E-state index contributed by atoms with van der Waals surface area (Å²) in [6.45, 7) is 1.79. The lowest BCUT2D eigenvalue weighted by Crippen LogP contribution is -2.28. The molecule has 1 aliphatic rings. The zero-order valence-electron chi connectivity index (χ0n) is 11.8. The number of amides is 1. The van der Waals surface area contributed by atoms with E-state index in [-0.39, 0.29) is 17.0 Å². The monoisotopic (exact) mass is 315 g/mol. The Bertz CT molecular complexity index is 736. The van der Waals surface area contributed by atoms with E-state index in [1.165, 1.54) is 22.7 Å². The van der Waals surface area contributed by atoms with E-state index in [0.717, 1.165) is 11.1 Å². The molecule has 1 aromatic carbocycles. The third kappa shape index (κ3) is 2.55. The van der Waals surface area contributed by atoms with Crippen molar-refractivity contribution < 1.29 is 9.72 Å². The molecular formula is C15H13N3O3S. The predicted molar refractivity (Wildman–Crippen MR) is 84.8 cm³/mol. The van der Waals surface area contributed by atoms with Gasteiger partial charge in [-0.25, -0.2) is 0 Å². The van der Waals surface area contributed by atoms with Gasteiger partial charge in [-0.1, -0.05) is 12.1 Å². The lowest BCUT2D eigenvalue weighted by atomic mass is 10.1. The van der Waals surface area contributed by atoms with Gasteiger partial charge in [0.05, 0.1) is 10.7 Å². The first-order chi connectivity index (χ1) is 10.6. The van der Waals surface area contributed by atoms with E-state index in [1.54, 1.807) is 37.5 Å². The van der Waals surface area contributed by atoms with Gasteiger partial charge >= 0.3 is 0 Å². The molecule has 1 aromatic heterocycles. The molecule has 1 atom stereocenters. The van der Waals surface area contributed by atoms with Crippen LogP contribution in [0.25, 0.3) is 0 Å². The summed E-state index contributed by atoms with van der Waals surface area (Å²) in [5.41, 5.74) is 1.92. The Morgan fingerprint density at radius 3 is 2.91 bits per heavy atom. The van der Waals surface area contributed by atoms with Gasteiger partial charge in [0, 0.05) is 24.0 Å². The number of nitro groups is 1. The summed E-state index contributed by atoms with van der Waals surface area (Å²) in [6, 6.07) is 8.57. The zero-order chi connectivity index (χ0) is 15.7. The van der Waals surface area contributed by atoms with Crippen LogP contribution in [-0.4, -0.2) is 21.6 Å². The summed E-state index contributed by atoms with van der Waals surface area (Å²) in [4.78, 5) is 28.7. The fraction of sp³-hybridized carbons (Fsp3) is 0.200. The molecule has 0 aliphatic carbocycles. The van der Waals surface area contributed by atoms with Crippen molar-refractivity contribution in [3.05, 3.63) is 64.0 Å². The third-order valence-corrected chi connectivity index (χ3v) is 4.64. The smallest absolute Gasteiger partial charge is 0.289 e. The third-order valence-electron chi connectivity index (χ3n) is 3.42. The maximum Gasteiger partial charge on any atom is 0.293 e. The van der Waals surface area contributed by atoms with Crippen LogP contribution in [0.1, 0.15) is 16.5 Å². The number of thioether (sulfide) groups is 1. The molecule has 22 heavy (non-hydrogen) atoms. The van der Waals surface area contributed by atoms with E-state index in [2.05, 4.69) is 4.98 Å². The van der Waals surface area contributed by atoms with Crippen molar-refractivity contribution >= 4 is 29.0 Å². The van der Waals surface area contributed by atoms with E-state index in [0.29, 0.717) is 11.4 Å². The molecule has 3 rings (SSSR count). The van der Waals surface area contributed by atoms with E-state index in [9.17, 15) is 14.9 Å². The van der Waals surface area contributed by atoms with Crippen LogP contribution < -0.4 is 4.90 Å². The number of aromatic nitrogens is 1. The number of hydrogen-bond donors (Lipinski definition) is 0. The van der Waals surface area contributed by atoms with Crippen LogP contribution in [0.15, 0.2) is 42.7 Å². The molecule has 1 amide bonds. The summed E-state index contributed by atoms with van der Waals surface area (Å²) in [5.74, 6) is 0.163. The molecule has 7 heteroatoms. The fourth-order valence-electron chi connectivity index (χ4n) is 2.44. The summed E-state index contributed by atoms with van der Waals surface area (Å²) >= 11 is 1.44. The van der Waals surface area contributed by atoms with Gasteiger partial charge in [0.15, 0.2) is 0 Å². The fourth-order valence-corrected chi connectivity index (χ4v) is 3.59. The quantitative estimate of drug-likeness (QED) is 0.642. The highest BCUT2D eigenvalue weighted by atomic mass is 32.2. The van der Waals surface area contributed by atoms with Gasteiger partial charge in [0.25, 0.3) is 5.69 Å². The minimum absolute atomic E-state index is 0.0512. The second kappa shape index (κ2) is 5.76. The Kier molecular flexibility index (Phi) is 3.81. The second-order valence-electron chi connectivity index (χ2n) is 4.96. The number of rotatable bonds is 3. The largest absolute Gasteiger partial charge is 0.293 e. The Balaban J connectivity index is 2.09. The maximum atomic E-state index is 12.3. The van der Waals surface area contributed by atoms with Crippen molar-refractivity contribution in [2.75, 3.05) is 10.7 Å². The Morgan fingerprint density at radius 2 is 2.23 bits per heavy atom. The lowest BCUT2D eigenvalue weighted by Gasteiger charge is -2.23. The first kappa shape index (κ1) is 14.5. The van der Waals surface area contributed by atoms with Crippen molar-refractivity contribution in [2.45, 2.75) is 12.3 Å². The normalized spacial score (nSPS) is 17.8. The van der Waals surface area contributed by atoms with Crippen molar-refractivity contribution in [3.63, 3.8) is 0 Å². The first-order valence-electron chi connectivity index (χ1n) is 6.66. The average molecular weight is 315 g/mol. The van der Waals surface area contributed by atoms with Crippen molar-refractivity contribution in [2.24, 2.45) is 0 Å². The van der Waals surface area contributed by atoms with Gasteiger partial charge in [-0.15, -0.1) is 11.8 Å². The summed E-state index contributed by atoms with van der Waals surface area (Å²) in [6.07, 6.45) is 3.34. The van der Waals surface area contributed by atoms with E-state index < -0.39 is 4.92 Å². The molecule has 1 saturated heterocycles. The molecule has 1 aliphatic heterocycles. The number of benzene rings is 1. The van der Waals surface area contributed by atoms with Crippen LogP contribution in [0.5, 0.6) is 0 Å². The van der Waals surface area contributed by atoms with Gasteiger partial charge in [-0.2, -0.15) is 0 Å². The molecule has 1 fully saturated rings. The molecule has 0 N–H and O–H groups in total. The number of hydrogen-bond acceptors (Lipinski definition) is 5. The molecular weight excluding hydrogens is 302 g/mol. The maximum absolute atomic E-state index is 12.3. The van der Waals surface area contributed by atoms with Crippen molar-refractivity contribution in [1.82, 2.24) is 4.98 Å². The number of anilines is 1. The van der Waals surface area contributed by atoms with E-state index in [1.807, 2.05) is 6.07 Å². The van der Waals surface area contributed by atoms with Crippen LogP contribution in [0.4, 0.5) is 11.4 Å². The lowest BCUT2D eigenvalue weighted by molar-refractivity contribution is -0.384. The molecule has 0 saturated carbocycles. The molecule has 2 aromatic rings. The molecule has 0 bridgehead atoms. The summed E-state index contributed by atoms with van der Waals surface area (Å²) in [5, 5.41) is 11.0. The molecule has 0 spiro atoms. The topological polar surface area (TPSA) is 76.3 Å². The van der Waals surface area contributed by atoms with Crippen LogP contribution in [0, 0.1) is 17.0 Å². The number of nitro benzene ring substituents is 1. The van der Waals surface area contributed by atoms with Gasteiger partial charge in [-0.3, -0.25) is 24.8 Å². The van der Waals surface area contributed by atoms with Crippen LogP contribution >= 0.6 is 11.8 Å². The summed E-state index contributed by atoms with van der Waals surface area (Å²) < 4.78 is 0. The van der Waals surface area contributed by atoms with Gasteiger partial charge in [-0.05, 0) is 24.6 Å². The molecule has 6 nitrogen and oxygen atoms in total. The minimum Gasteiger partial charge on any atom is -0.289 e. The summed E-state index contributed by atoms with van der Waals surface area (Å²) in [7, 11) is 0. The highest BCUT2D eigenvalue weighted by Crippen LogP contribution is 2.44. The van der Waals surface area contributed by atoms with Gasteiger partial charge in [0.1, 0.15) is 11.1 Å². The van der Waals surface area contributed by atoms with Gasteiger partial charge in [0.2, 0.25) is 5.91 Å². The Morgan fingerprint density at radius 1 is 1.41 bits per heavy atom. The van der Waals surface area contributed by atoms with Crippen LogP contribution in [-0.2, 0) is 4.79 Å². The Hall–Kier alpha value is -2.41. The number of aryl methyl sites for hydroxylation is 1. The minimum atomic E-state index is -0.446.